The minimum Gasteiger partial charge on any atom is -0.267 e. The fraction of sp³-hybridized carbons (Fsp3) is 0.312. The van der Waals surface area contributed by atoms with Gasteiger partial charge in [0.15, 0.2) is 0 Å². The summed E-state index contributed by atoms with van der Waals surface area (Å²) in [4.78, 5) is 24.0. The zero-order valence-corrected chi connectivity index (χ0v) is 13.5. The molecule has 2 N–H and O–H groups in total. The zero-order valence-electron chi connectivity index (χ0n) is 13.5. The van der Waals surface area contributed by atoms with Gasteiger partial charge in [0.25, 0.3) is 11.8 Å². The van der Waals surface area contributed by atoms with Crippen molar-refractivity contribution in [3.05, 3.63) is 53.1 Å². The molecule has 1 aromatic carbocycles. The Bertz CT molecular complexity index is 730. The Hall–Kier alpha value is -2.70. The predicted molar refractivity (Wildman–Crippen MR) is 83.2 cm³/mol. The smallest absolute Gasteiger partial charge is 0.267 e. The van der Waals surface area contributed by atoms with E-state index in [0.29, 0.717) is 5.69 Å². The van der Waals surface area contributed by atoms with Gasteiger partial charge in [0.1, 0.15) is 11.5 Å². The third-order valence-electron chi connectivity index (χ3n) is 3.28. The first-order valence-corrected chi connectivity index (χ1v) is 7.09. The molecule has 0 atom stereocenters. The Kier molecular flexibility index (Phi) is 4.49. The molecule has 2 amide bonds. The zero-order chi connectivity index (χ0) is 17.2. The summed E-state index contributed by atoms with van der Waals surface area (Å²) in [7, 11) is 1.66. The maximum Gasteiger partial charge on any atom is 0.287 e. The number of nitrogens with zero attached hydrogens (tertiary/aromatic N) is 2. The van der Waals surface area contributed by atoms with Crippen molar-refractivity contribution in [3.63, 3.8) is 0 Å². The van der Waals surface area contributed by atoms with Crippen LogP contribution in [0.2, 0.25) is 0 Å². The number of benzene rings is 1. The quantitative estimate of drug-likeness (QED) is 0.831. The first-order valence-electron chi connectivity index (χ1n) is 7.09. The molecule has 0 saturated carbocycles. The number of nitrogens with one attached hydrogen (secondary N) is 2. The monoisotopic (exact) mass is 318 g/mol. The molecule has 0 saturated heterocycles. The fourth-order valence-electron chi connectivity index (χ4n) is 1.90. The molecule has 6 nitrogen and oxygen atoms in total. The molecule has 0 spiro atoms. The second-order valence-corrected chi connectivity index (χ2v) is 6.20. The summed E-state index contributed by atoms with van der Waals surface area (Å²) in [6.45, 7) is 5.98. The Morgan fingerprint density at radius 1 is 1.09 bits per heavy atom. The van der Waals surface area contributed by atoms with E-state index in [9.17, 15) is 14.0 Å². The number of carbonyl (C=O) groups excluding carboxylic acids is 2. The Morgan fingerprint density at radius 3 is 2.17 bits per heavy atom. The van der Waals surface area contributed by atoms with Crippen LogP contribution in [0.5, 0.6) is 0 Å². The van der Waals surface area contributed by atoms with Crippen LogP contribution in [-0.2, 0) is 12.5 Å². The lowest BCUT2D eigenvalue weighted by Crippen LogP contribution is -2.42. The third kappa shape index (κ3) is 3.94. The van der Waals surface area contributed by atoms with Crippen molar-refractivity contribution in [1.29, 1.82) is 0 Å². The third-order valence-corrected chi connectivity index (χ3v) is 3.28. The highest BCUT2D eigenvalue weighted by Gasteiger charge is 2.21. The Morgan fingerprint density at radius 2 is 1.65 bits per heavy atom. The van der Waals surface area contributed by atoms with E-state index in [4.69, 9.17) is 0 Å². The molecule has 0 aliphatic carbocycles. The van der Waals surface area contributed by atoms with Gasteiger partial charge < -0.3 is 0 Å². The summed E-state index contributed by atoms with van der Waals surface area (Å²) in [6.07, 6.45) is 0. The lowest BCUT2D eigenvalue weighted by molar-refractivity contribution is 0.0841. The lowest BCUT2D eigenvalue weighted by atomic mass is 9.92. The maximum absolute atomic E-state index is 12.8. The molecular formula is C16H19FN4O2. The van der Waals surface area contributed by atoms with Gasteiger partial charge in [-0.3, -0.25) is 25.1 Å². The average Bonchev–Trinajstić information content (AvgIpc) is 2.87. The van der Waals surface area contributed by atoms with Crippen LogP contribution in [-0.4, -0.2) is 21.6 Å². The SMILES string of the molecule is Cn1nc(C(C)(C)C)cc1C(=O)NNC(=O)c1ccc(F)cc1. The summed E-state index contributed by atoms with van der Waals surface area (Å²) < 4.78 is 14.3. The molecule has 0 unspecified atom stereocenters. The van der Waals surface area contributed by atoms with Gasteiger partial charge in [0, 0.05) is 18.0 Å². The van der Waals surface area contributed by atoms with Crippen LogP contribution in [0.25, 0.3) is 0 Å². The number of hydrogen-bond acceptors (Lipinski definition) is 3. The van der Waals surface area contributed by atoms with Crippen LogP contribution < -0.4 is 10.9 Å². The number of amides is 2. The molecule has 122 valence electrons. The van der Waals surface area contributed by atoms with Crippen LogP contribution in [0.4, 0.5) is 4.39 Å². The van der Waals surface area contributed by atoms with E-state index in [1.54, 1.807) is 13.1 Å². The normalized spacial score (nSPS) is 11.2. The van der Waals surface area contributed by atoms with Crippen molar-refractivity contribution in [2.24, 2.45) is 7.05 Å². The van der Waals surface area contributed by atoms with Crippen LogP contribution >= 0.6 is 0 Å². The summed E-state index contributed by atoms with van der Waals surface area (Å²) >= 11 is 0. The van der Waals surface area contributed by atoms with Crippen LogP contribution in [0.1, 0.15) is 47.3 Å². The molecular weight excluding hydrogens is 299 g/mol. The standard InChI is InChI=1S/C16H19FN4O2/c1-16(2,3)13-9-12(21(4)20-13)15(23)19-18-14(22)10-5-7-11(17)8-6-10/h5-9H,1-4H3,(H,18,22)(H,19,23). The van der Waals surface area contributed by atoms with E-state index in [-0.39, 0.29) is 11.0 Å². The van der Waals surface area contributed by atoms with Gasteiger partial charge in [-0.2, -0.15) is 5.10 Å². The van der Waals surface area contributed by atoms with Gasteiger partial charge in [-0.15, -0.1) is 0 Å². The number of aryl methyl sites for hydroxylation is 1. The van der Waals surface area contributed by atoms with Crippen LogP contribution in [0.3, 0.4) is 0 Å². The highest BCUT2D eigenvalue weighted by molar-refractivity contribution is 5.98. The predicted octanol–water partition coefficient (Wildman–Crippen LogP) is 1.93. The van der Waals surface area contributed by atoms with Gasteiger partial charge in [-0.05, 0) is 30.3 Å². The second kappa shape index (κ2) is 6.20. The number of hydrazine groups is 1. The molecule has 1 aromatic heterocycles. The van der Waals surface area contributed by atoms with Crippen molar-refractivity contribution in [3.8, 4) is 0 Å². The first-order chi connectivity index (χ1) is 10.7. The van der Waals surface area contributed by atoms with Gasteiger partial charge >= 0.3 is 0 Å². The van der Waals surface area contributed by atoms with Crippen molar-refractivity contribution < 1.29 is 14.0 Å². The number of carbonyl (C=O) groups is 2. The second-order valence-electron chi connectivity index (χ2n) is 6.20. The fourth-order valence-corrected chi connectivity index (χ4v) is 1.90. The first kappa shape index (κ1) is 16.7. The molecule has 2 aromatic rings. The summed E-state index contributed by atoms with van der Waals surface area (Å²) in [5.74, 6) is -1.45. The van der Waals surface area contributed by atoms with Gasteiger partial charge in [-0.1, -0.05) is 20.8 Å². The van der Waals surface area contributed by atoms with Gasteiger partial charge in [0.05, 0.1) is 5.69 Å². The number of halogens is 1. The Labute approximate surface area is 133 Å². The van der Waals surface area contributed by atoms with Crippen molar-refractivity contribution >= 4 is 11.8 Å². The van der Waals surface area contributed by atoms with E-state index in [1.165, 1.54) is 28.9 Å². The van der Waals surface area contributed by atoms with E-state index < -0.39 is 17.6 Å². The van der Waals surface area contributed by atoms with Crippen molar-refractivity contribution in [1.82, 2.24) is 20.6 Å². The lowest BCUT2D eigenvalue weighted by Gasteiger charge is -2.13. The molecule has 7 heteroatoms. The van der Waals surface area contributed by atoms with Crippen LogP contribution in [0.15, 0.2) is 30.3 Å². The van der Waals surface area contributed by atoms with E-state index >= 15 is 0 Å². The minimum absolute atomic E-state index is 0.187. The number of hydrogen-bond donors (Lipinski definition) is 2. The molecule has 1 heterocycles. The highest BCUT2D eigenvalue weighted by Crippen LogP contribution is 2.21. The molecule has 0 aliphatic heterocycles. The van der Waals surface area contributed by atoms with Gasteiger partial charge in [-0.25, -0.2) is 4.39 Å². The molecule has 0 bridgehead atoms. The maximum atomic E-state index is 12.8. The van der Waals surface area contributed by atoms with Crippen molar-refractivity contribution in [2.75, 3.05) is 0 Å². The van der Waals surface area contributed by atoms with E-state index in [2.05, 4.69) is 16.0 Å². The van der Waals surface area contributed by atoms with Crippen molar-refractivity contribution in [2.45, 2.75) is 26.2 Å². The average molecular weight is 318 g/mol. The minimum atomic E-state index is -0.531. The Balaban J connectivity index is 2.04. The molecule has 0 radical (unpaired) electrons. The van der Waals surface area contributed by atoms with Gasteiger partial charge in [0.2, 0.25) is 0 Å². The summed E-state index contributed by atoms with van der Waals surface area (Å²) in [5, 5.41) is 4.30. The number of aromatic nitrogens is 2. The largest absolute Gasteiger partial charge is 0.287 e. The molecule has 2 rings (SSSR count). The summed E-state index contributed by atoms with van der Waals surface area (Å²) in [6, 6.07) is 6.69. The molecule has 23 heavy (non-hydrogen) atoms. The molecule has 0 fully saturated rings. The van der Waals surface area contributed by atoms with E-state index in [0.717, 1.165) is 5.69 Å². The molecule has 0 aliphatic rings. The summed E-state index contributed by atoms with van der Waals surface area (Å²) in [5.41, 5.74) is 5.77. The van der Waals surface area contributed by atoms with E-state index in [1.807, 2.05) is 20.8 Å². The van der Waals surface area contributed by atoms with Crippen LogP contribution in [0, 0.1) is 5.82 Å². The number of rotatable bonds is 2. The topological polar surface area (TPSA) is 76.0 Å². The highest BCUT2D eigenvalue weighted by atomic mass is 19.1.